The molecule has 6 bridgehead atoms. The van der Waals surface area contributed by atoms with Gasteiger partial charge in [-0.3, -0.25) is 4.79 Å². The average Bonchev–Trinajstić information content (AvgIpc) is 3.69. The van der Waals surface area contributed by atoms with E-state index in [-0.39, 0.29) is 29.7 Å². The summed E-state index contributed by atoms with van der Waals surface area (Å²) in [6.45, 7) is 7.29. The van der Waals surface area contributed by atoms with Crippen LogP contribution >= 0.6 is 11.3 Å². The summed E-state index contributed by atoms with van der Waals surface area (Å²) in [5.41, 5.74) is 2.83. The minimum absolute atomic E-state index is 0.00683. The number of amides is 2. The predicted octanol–water partition coefficient (Wildman–Crippen LogP) is 10.1. The van der Waals surface area contributed by atoms with Crippen LogP contribution in [-0.2, 0) is 6.42 Å². The number of rotatable bonds is 8. The molecule has 10 rings (SSSR count). The van der Waals surface area contributed by atoms with Crippen LogP contribution in [-0.4, -0.2) is 58.8 Å². The van der Waals surface area contributed by atoms with Crippen molar-refractivity contribution in [3.63, 3.8) is 0 Å². The summed E-state index contributed by atoms with van der Waals surface area (Å²) >= 11 is 1.52. The molecule has 0 unspecified atom stereocenters. The summed E-state index contributed by atoms with van der Waals surface area (Å²) in [6.07, 6.45) is 14.0. The van der Waals surface area contributed by atoms with Gasteiger partial charge >= 0.3 is 6.03 Å². The standard InChI is InChI=1S/C47H60N2O5S/c1-30-6-5-18-45(3)41(39-15-9-32(23-37(50)12-7-30)24-40(39)43(51)42-16-8-31(2)55-42)17-19-47(45,53)29-49(44(52)48-36-10-13-38(54-4)14-11-36)28-46-25-33-20-34(26-46)22-35(21-33)27-46/h6,8-11,13-16,24,33-35,37,41,50,53H,5,7,12,17-23,25-29H2,1-4H3,(H,48,52)/t33?,34?,35?,37-,41-,45-,46?,47+/m0/s1. The van der Waals surface area contributed by atoms with E-state index < -0.39 is 17.1 Å². The Morgan fingerprint density at radius 2 is 1.64 bits per heavy atom. The second kappa shape index (κ2) is 15.1. The number of urea groups is 1. The summed E-state index contributed by atoms with van der Waals surface area (Å²) in [5.74, 6) is 2.88. The highest BCUT2D eigenvalue weighted by Crippen LogP contribution is 2.62. The Balaban J connectivity index is 1.17. The minimum Gasteiger partial charge on any atom is -0.497 e. The molecule has 2 aromatic carbocycles. The second-order valence-corrected chi connectivity index (χ2v) is 19.9. The van der Waals surface area contributed by atoms with Crippen molar-refractivity contribution in [3.8, 4) is 5.75 Å². The number of fused-ring (bicyclic) bond motifs is 8. The number of hydrogen-bond acceptors (Lipinski definition) is 6. The number of benzene rings is 2. The summed E-state index contributed by atoms with van der Waals surface area (Å²) < 4.78 is 5.38. The molecular weight excluding hydrogens is 705 g/mol. The van der Waals surface area contributed by atoms with Gasteiger partial charge in [0.1, 0.15) is 5.75 Å². The van der Waals surface area contributed by atoms with Crippen LogP contribution in [0.3, 0.4) is 0 Å². The summed E-state index contributed by atoms with van der Waals surface area (Å²) in [4.78, 5) is 32.8. The molecule has 1 heterocycles. The molecule has 5 fully saturated rings. The first-order valence-corrected chi connectivity index (χ1v) is 21.7. The van der Waals surface area contributed by atoms with Crippen LogP contribution in [0.1, 0.15) is 128 Å². The van der Waals surface area contributed by atoms with Crippen LogP contribution in [0.5, 0.6) is 5.75 Å². The van der Waals surface area contributed by atoms with Gasteiger partial charge in [0.05, 0.1) is 30.2 Å². The van der Waals surface area contributed by atoms with Crippen molar-refractivity contribution in [1.29, 1.82) is 0 Å². The molecular formula is C47H60N2O5S. The summed E-state index contributed by atoms with van der Waals surface area (Å²) in [6, 6.07) is 17.5. The third kappa shape index (κ3) is 7.68. The molecule has 5 saturated carbocycles. The number of ether oxygens (including phenoxy) is 1. The number of nitrogens with one attached hydrogen (secondary N) is 1. The molecule has 0 spiro atoms. The topological polar surface area (TPSA) is 99.1 Å². The monoisotopic (exact) mass is 764 g/mol. The van der Waals surface area contributed by atoms with Crippen molar-refractivity contribution >= 4 is 28.8 Å². The molecule has 3 N–H and O–H groups in total. The molecule has 294 valence electrons. The number of anilines is 1. The van der Waals surface area contributed by atoms with Gasteiger partial charge in [0.2, 0.25) is 5.78 Å². The van der Waals surface area contributed by atoms with Crippen LogP contribution < -0.4 is 10.1 Å². The lowest BCUT2D eigenvalue weighted by Gasteiger charge is -2.58. The fraction of sp³-hybridized carbons (Fsp3) is 0.574. The molecule has 0 radical (unpaired) electrons. The number of aliphatic hydroxyl groups excluding tert-OH is 1. The zero-order chi connectivity index (χ0) is 38.5. The highest BCUT2D eigenvalue weighted by atomic mass is 32.1. The van der Waals surface area contributed by atoms with Gasteiger partial charge in [-0.05, 0) is 180 Å². The molecule has 8 heteroatoms. The molecule has 1 aromatic heterocycles. The van der Waals surface area contributed by atoms with E-state index in [0.29, 0.717) is 54.8 Å². The normalized spacial score (nSPS) is 32.8. The number of aliphatic hydroxyl groups is 2. The van der Waals surface area contributed by atoms with E-state index in [2.05, 4.69) is 37.4 Å². The molecule has 0 saturated heterocycles. The van der Waals surface area contributed by atoms with E-state index in [1.54, 1.807) is 7.11 Å². The lowest BCUT2D eigenvalue weighted by atomic mass is 9.49. The fourth-order valence-electron chi connectivity index (χ4n) is 12.2. The van der Waals surface area contributed by atoms with Gasteiger partial charge in [-0.25, -0.2) is 4.79 Å². The van der Waals surface area contributed by atoms with Gasteiger partial charge in [0, 0.05) is 28.1 Å². The Morgan fingerprint density at radius 3 is 2.29 bits per heavy atom. The van der Waals surface area contributed by atoms with E-state index in [0.717, 1.165) is 52.3 Å². The van der Waals surface area contributed by atoms with E-state index in [1.165, 1.54) is 55.4 Å². The van der Waals surface area contributed by atoms with Gasteiger partial charge in [-0.2, -0.15) is 0 Å². The van der Waals surface area contributed by atoms with Crippen LogP contribution in [0.2, 0.25) is 0 Å². The van der Waals surface area contributed by atoms with Crippen molar-refractivity contribution in [2.75, 3.05) is 25.5 Å². The van der Waals surface area contributed by atoms with Gasteiger partial charge < -0.3 is 25.2 Å². The van der Waals surface area contributed by atoms with Crippen molar-refractivity contribution in [2.24, 2.45) is 28.6 Å². The van der Waals surface area contributed by atoms with E-state index in [9.17, 15) is 19.8 Å². The number of thiophene rings is 1. The Hall–Kier alpha value is -3.46. The lowest BCUT2D eigenvalue weighted by Crippen LogP contribution is -2.58. The van der Waals surface area contributed by atoms with Gasteiger partial charge in [0.15, 0.2) is 0 Å². The molecule has 7 nitrogen and oxygen atoms in total. The molecule has 7 aliphatic rings. The molecule has 4 atom stereocenters. The molecule has 55 heavy (non-hydrogen) atoms. The van der Waals surface area contributed by atoms with Crippen LogP contribution in [0, 0.1) is 35.5 Å². The zero-order valence-electron chi connectivity index (χ0n) is 33.2. The third-order valence-electron chi connectivity index (χ3n) is 14.7. The van der Waals surface area contributed by atoms with Gasteiger partial charge in [-0.15, -0.1) is 11.3 Å². The number of carbonyl (C=O) groups is 2. The van der Waals surface area contributed by atoms with E-state index in [4.69, 9.17) is 4.74 Å². The maximum Gasteiger partial charge on any atom is 0.321 e. The number of nitrogens with zero attached hydrogens (tertiary/aromatic N) is 1. The van der Waals surface area contributed by atoms with E-state index >= 15 is 0 Å². The smallest absolute Gasteiger partial charge is 0.321 e. The number of aryl methyl sites for hydroxylation is 1. The Morgan fingerprint density at radius 1 is 0.927 bits per heavy atom. The van der Waals surface area contributed by atoms with Crippen LogP contribution in [0.25, 0.3) is 0 Å². The molecule has 3 aromatic rings. The van der Waals surface area contributed by atoms with Crippen molar-refractivity contribution in [3.05, 3.63) is 92.7 Å². The van der Waals surface area contributed by atoms with Crippen molar-refractivity contribution in [2.45, 2.75) is 122 Å². The van der Waals surface area contributed by atoms with Gasteiger partial charge in [-0.1, -0.05) is 30.7 Å². The molecule has 2 amide bonds. The number of carbonyl (C=O) groups excluding carboxylic acids is 2. The maximum atomic E-state index is 14.6. The van der Waals surface area contributed by atoms with Crippen LogP contribution in [0.15, 0.2) is 66.2 Å². The van der Waals surface area contributed by atoms with Crippen LogP contribution in [0.4, 0.5) is 10.5 Å². The lowest BCUT2D eigenvalue weighted by molar-refractivity contribution is -0.0975. The first-order valence-electron chi connectivity index (χ1n) is 20.8. The highest BCUT2D eigenvalue weighted by molar-refractivity contribution is 7.14. The summed E-state index contributed by atoms with van der Waals surface area (Å²) in [7, 11) is 1.64. The predicted molar refractivity (Wildman–Crippen MR) is 220 cm³/mol. The first kappa shape index (κ1) is 38.4. The van der Waals surface area contributed by atoms with Gasteiger partial charge in [0.25, 0.3) is 0 Å². The number of allylic oxidation sites excluding steroid dienone is 2. The summed E-state index contributed by atoms with van der Waals surface area (Å²) in [5, 5.41) is 27.6. The van der Waals surface area contributed by atoms with E-state index in [1.807, 2.05) is 54.3 Å². The van der Waals surface area contributed by atoms with Crippen molar-refractivity contribution < 1.29 is 24.5 Å². The average molecular weight is 765 g/mol. The minimum atomic E-state index is -1.19. The largest absolute Gasteiger partial charge is 0.497 e. The third-order valence-corrected chi connectivity index (χ3v) is 15.7. The quantitative estimate of drug-likeness (QED) is 0.157. The SMILES string of the molecule is COc1ccc(NC(=O)N(CC23CC4CC(CC(C4)C2)C3)C[C@]2(O)CC[C@H]3c4ccc(cc4C(=O)c4ccc(C)s4)C[C@@H](O)CCC(C)=CCC[C@@]32C)cc1. The fourth-order valence-corrected chi connectivity index (χ4v) is 13.0. The Bertz CT molecular complexity index is 1900. The van der Waals surface area contributed by atoms with Crippen molar-refractivity contribution in [1.82, 2.24) is 4.90 Å². The highest BCUT2D eigenvalue weighted by Gasteiger charge is 2.59. The molecule has 0 aliphatic heterocycles. The zero-order valence-corrected chi connectivity index (χ0v) is 34.1. The maximum absolute atomic E-state index is 14.6. The number of methoxy groups -OCH3 is 1. The number of hydrogen-bond donors (Lipinski definition) is 3. The molecule has 7 aliphatic carbocycles. The Labute approximate surface area is 331 Å². The number of ketones is 1. The first-order chi connectivity index (χ1) is 26.3. The Kier molecular flexibility index (Phi) is 10.6. The second-order valence-electron chi connectivity index (χ2n) is 18.6.